The van der Waals surface area contributed by atoms with Crippen LogP contribution in [0.2, 0.25) is 0 Å². The maximum absolute atomic E-state index is 6.83. The van der Waals surface area contributed by atoms with Gasteiger partial charge in [-0.3, -0.25) is 0 Å². The van der Waals surface area contributed by atoms with Crippen LogP contribution in [0.1, 0.15) is 16.8 Å². The SMILES string of the molecule is [C-]#[N+]CCc1c(C)[nH]c2cc(C)ccc12. The average molecular weight is 198 g/mol. The van der Waals surface area contributed by atoms with Crippen LogP contribution in [0.5, 0.6) is 0 Å². The number of fused-ring (bicyclic) bond motifs is 1. The molecule has 0 aliphatic rings. The Morgan fingerprint density at radius 2 is 2.13 bits per heavy atom. The molecule has 0 aliphatic heterocycles. The zero-order chi connectivity index (χ0) is 10.8. The van der Waals surface area contributed by atoms with Gasteiger partial charge in [0.25, 0.3) is 0 Å². The summed E-state index contributed by atoms with van der Waals surface area (Å²) >= 11 is 0. The second kappa shape index (κ2) is 3.78. The van der Waals surface area contributed by atoms with Crippen LogP contribution < -0.4 is 0 Å². The third kappa shape index (κ3) is 1.73. The maximum atomic E-state index is 6.83. The number of hydrogen-bond acceptors (Lipinski definition) is 0. The highest BCUT2D eigenvalue weighted by molar-refractivity contribution is 5.85. The smallest absolute Gasteiger partial charge is 0.218 e. The molecule has 0 radical (unpaired) electrons. The molecular formula is C13H14N2. The van der Waals surface area contributed by atoms with Gasteiger partial charge in [0.1, 0.15) is 0 Å². The molecular weight excluding hydrogens is 184 g/mol. The lowest BCUT2D eigenvalue weighted by atomic mass is 10.1. The summed E-state index contributed by atoms with van der Waals surface area (Å²) in [5, 5.41) is 1.27. The first-order valence-electron chi connectivity index (χ1n) is 5.13. The van der Waals surface area contributed by atoms with Crippen molar-refractivity contribution in [2.45, 2.75) is 20.3 Å². The quantitative estimate of drug-likeness (QED) is 0.715. The molecule has 0 spiro atoms. The zero-order valence-corrected chi connectivity index (χ0v) is 9.09. The summed E-state index contributed by atoms with van der Waals surface area (Å²) in [6, 6.07) is 6.42. The van der Waals surface area contributed by atoms with E-state index in [2.05, 4.69) is 41.9 Å². The summed E-state index contributed by atoms with van der Waals surface area (Å²) in [4.78, 5) is 6.79. The van der Waals surface area contributed by atoms with Gasteiger partial charge < -0.3 is 9.83 Å². The molecule has 0 amide bonds. The third-order valence-corrected chi connectivity index (χ3v) is 2.75. The van der Waals surface area contributed by atoms with Crippen LogP contribution in [-0.4, -0.2) is 11.5 Å². The van der Waals surface area contributed by atoms with Gasteiger partial charge in [-0.1, -0.05) is 12.1 Å². The Labute approximate surface area is 89.7 Å². The van der Waals surface area contributed by atoms with Crippen LogP contribution in [0.25, 0.3) is 15.7 Å². The lowest BCUT2D eigenvalue weighted by Crippen LogP contribution is -1.88. The van der Waals surface area contributed by atoms with Gasteiger partial charge in [0.05, 0.1) is 0 Å². The molecule has 0 aliphatic carbocycles. The summed E-state index contributed by atoms with van der Waals surface area (Å²) in [6.07, 6.45) is 0.846. The topological polar surface area (TPSA) is 20.1 Å². The van der Waals surface area contributed by atoms with Crippen molar-refractivity contribution in [2.75, 3.05) is 6.54 Å². The van der Waals surface area contributed by atoms with Crippen molar-refractivity contribution in [3.63, 3.8) is 0 Å². The van der Waals surface area contributed by atoms with Crippen molar-refractivity contribution in [1.29, 1.82) is 0 Å². The van der Waals surface area contributed by atoms with Gasteiger partial charge in [0, 0.05) is 23.0 Å². The monoisotopic (exact) mass is 198 g/mol. The first-order chi connectivity index (χ1) is 7.22. The number of benzene rings is 1. The van der Waals surface area contributed by atoms with Crippen molar-refractivity contribution in [1.82, 2.24) is 4.98 Å². The lowest BCUT2D eigenvalue weighted by Gasteiger charge is -1.96. The van der Waals surface area contributed by atoms with Gasteiger partial charge in [0.2, 0.25) is 6.54 Å². The fourth-order valence-corrected chi connectivity index (χ4v) is 1.99. The minimum absolute atomic E-state index is 0.571. The Hall–Kier alpha value is -1.75. The van der Waals surface area contributed by atoms with Crippen molar-refractivity contribution in [2.24, 2.45) is 0 Å². The number of aromatic amines is 1. The summed E-state index contributed by atoms with van der Waals surface area (Å²) in [6.45, 7) is 11.6. The third-order valence-electron chi connectivity index (χ3n) is 2.75. The van der Waals surface area contributed by atoms with E-state index in [1.807, 2.05) is 0 Å². The first kappa shape index (κ1) is 9.79. The van der Waals surface area contributed by atoms with E-state index in [1.165, 1.54) is 27.7 Å². The van der Waals surface area contributed by atoms with E-state index in [0.29, 0.717) is 6.54 Å². The fourth-order valence-electron chi connectivity index (χ4n) is 1.99. The van der Waals surface area contributed by atoms with E-state index >= 15 is 0 Å². The number of nitrogens with zero attached hydrogens (tertiary/aromatic N) is 1. The average Bonchev–Trinajstić information content (AvgIpc) is 2.50. The van der Waals surface area contributed by atoms with E-state index in [0.717, 1.165) is 6.42 Å². The molecule has 76 valence electrons. The van der Waals surface area contributed by atoms with E-state index in [1.54, 1.807) is 0 Å². The van der Waals surface area contributed by atoms with Crippen LogP contribution in [-0.2, 0) is 6.42 Å². The summed E-state index contributed by atoms with van der Waals surface area (Å²) < 4.78 is 0. The number of nitrogens with one attached hydrogen (secondary N) is 1. The predicted molar refractivity (Wildman–Crippen MR) is 62.9 cm³/mol. The number of rotatable bonds is 2. The molecule has 2 heteroatoms. The summed E-state index contributed by atoms with van der Waals surface area (Å²) in [7, 11) is 0. The lowest BCUT2D eigenvalue weighted by molar-refractivity contribution is 1.06. The van der Waals surface area contributed by atoms with Gasteiger partial charge in [-0.15, -0.1) is 0 Å². The first-order valence-corrected chi connectivity index (χ1v) is 5.13. The minimum Gasteiger partial charge on any atom is -0.358 e. The van der Waals surface area contributed by atoms with E-state index < -0.39 is 0 Å². The molecule has 0 bridgehead atoms. The molecule has 0 unspecified atom stereocenters. The van der Waals surface area contributed by atoms with Crippen molar-refractivity contribution in [3.05, 3.63) is 46.4 Å². The molecule has 0 atom stereocenters. The van der Waals surface area contributed by atoms with Crippen LogP contribution >= 0.6 is 0 Å². The molecule has 0 saturated carbocycles. The largest absolute Gasteiger partial charge is 0.358 e. The number of hydrogen-bond donors (Lipinski definition) is 1. The van der Waals surface area contributed by atoms with Crippen LogP contribution in [0.3, 0.4) is 0 Å². The van der Waals surface area contributed by atoms with Gasteiger partial charge >= 0.3 is 0 Å². The standard InChI is InChI=1S/C13H14N2/c1-9-4-5-12-11(6-7-14-3)10(2)15-13(12)8-9/h4-5,8,15H,6-7H2,1-2H3. The molecule has 0 saturated heterocycles. The number of aromatic nitrogens is 1. The minimum atomic E-state index is 0.571. The summed E-state index contributed by atoms with van der Waals surface area (Å²) in [5.74, 6) is 0. The fraction of sp³-hybridized carbons (Fsp3) is 0.308. The number of H-pyrrole nitrogens is 1. The zero-order valence-electron chi connectivity index (χ0n) is 9.09. The highest BCUT2D eigenvalue weighted by atomic mass is 14.7. The highest BCUT2D eigenvalue weighted by Gasteiger charge is 2.08. The van der Waals surface area contributed by atoms with E-state index in [9.17, 15) is 0 Å². The molecule has 1 heterocycles. The van der Waals surface area contributed by atoms with Gasteiger partial charge in [-0.05, 0) is 31.0 Å². The molecule has 2 rings (SSSR count). The second-order valence-electron chi connectivity index (χ2n) is 3.91. The Morgan fingerprint density at radius 1 is 1.33 bits per heavy atom. The Bertz CT molecular complexity index is 529. The molecule has 2 aromatic rings. The molecule has 2 nitrogen and oxygen atoms in total. The molecule has 15 heavy (non-hydrogen) atoms. The maximum Gasteiger partial charge on any atom is 0.218 e. The van der Waals surface area contributed by atoms with Crippen LogP contribution in [0, 0.1) is 20.4 Å². The van der Waals surface area contributed by atoms with E-state index in [-0.39, 0.29) is 0 Å². The Morgan fingerprint density at radius 3 is 2.87 bits per heavy atom. The number of aryl methyl sites for hydroxylation is 2. The molecule has 1 aromatic heterocycles. The molecule has 0 fully saturated rings. The van der Waals surface area contributed by atoms with Crippen LogP contribution in [0.15, 0.2) is 18.2 Å². The van der Waals surface area contributed by atoms with Gasteiger partial charge in [0.15, 0.2) is 0 Å². The Balaban J connectivity index is 2.54. The van der Waals surface area contributed by atoms with Crippen molar-refractivity contribution >= 4 is 10.9 Å². The van der Waals surface area contributed by atoms with E-state index in [4.69, 9.17) is 6.57 Å². The Kier molecular flexibility index (Phi) is 2.47. The molecule has 1 N–H and O–H groups in total. The second-order valence-corrected chi connectivity index (χ2v) is 3.91. The molecule has 1 aromatic carbocycles. The van der Waals surface area contributed by atoms with Gasteiger partial charge in [-0.25, -0.2) is 6.57 Å². The van der Waals surface area contributed by atoms with Crippen molar-refractivity contribution < 1.29 is 0 Å². The van der Waals surface area contributed by atoms with Crippen molar-refractivity contribution in [3.8, 4) is 0 Å². The summed E-state index contributed by atoms with van der Waals surface area (Å²) in [5.41, 5.74) is 4.94. The van der Waals surface area contributed by atoms with Gasteiger partial charge in [-0.2, -0.15) is 0 Å². The highest BCUT2D eigenvalue weighted by Crippen LogP contribution is 2.23. The van der Waals surface area contributed by atoms with Crippen LogP contribution in [0.4, 0.5) is 0 Å². The predicted octanol–water partition coefficient (Wildman–Crippen LogP) is 3.25. The normalized spacial score (nSPS) is 10.5.